The number of hydrogen-bond donors (Lipinski definition) is 2. The van der Waals surface area contributed by atoms with Crippen LogP contribution in [0.25, 0.3) is 0 Å². The highest BCUT2D eigenvalue weighted by Crippen LogP contribution is 2.76. The predicted molar refractivity (Wildman–Crippen MR) is 148 cm³/mol. The molecule has 0 spiro atoms. The van der Waals surface area contributed by atoms with Crippen LogP contribution >= 0.6 is 11.6 Å². The molecule has 1 unspecified atom stereocenters. The highest BCUT2D eigenvalue weighted by Gasteiger charge is 2.75. The molecule has 4 aliphatic rings. The number of nitrogens with zero attached hydrogens (tertiary/aromatic N) is 1. The molecule has 2 N–H and O–H groups in total. The molecular formula is C29H35ClFN3O3S. The maximum Gasteiger partial charge on any atom is 0.247 e. The van der Waals surface area contributed by atoms with Gasteiger partial charge >= 0.3 is 0 Å². The third-order valence-corrected chi connectivity index (χ3v) is 10.9. The van der Waals surface area contributed by atoms with E-state index in [-0.39, 0.29) is 33.2 Å². The summed E-state index contributed by atoms with van der Waals surface area (Å²) < 4.78 is 42.1. The van der Waals surface area contributed by atoms with Crippen molar-refractivity contribution in [2.45, 2.75) is 87.6 Å². The zero-order valence-electron chi connectivity index (χ0n) is 22.4. The number of amidine groups is 1. The van der Waals surface area contributed by atoms with Crippen molar-refractivity contribution in [1.29, 1.82) is 0 Å². The van der Waals surface area contributed by atoms with E-state index >= 15 is 0 Å². The third-order valence-electron chi connectivity index (χ3n) is 8.24. The molecule has 2 aromatic rings. The Hall–Kier alpha value is -2.45. The summed E-state index contributed by atoms with van der Waals surface area (Å²) in [5.74, 6) is 0.118. The summed E-state index contributed by atoms with van der Waals surface area (Å²) in [7, 11) is -3.70. The highest BCUT2D eigenvalue weighted by molar-refractivity contribution is 7.92. The van der Waals surface area contributed by atoms with E-state index in [9.17, 15) is 17.6 Å². The third kappa shape index (κ3) is 4.53. The van der Waals surface area contributed by atoms with Crippen LogP contribution in [0.5, 0.6) is 0 Å². The van der Waals surface area contributed by atoms with Crippen molar-refractivity contribution in [3.63, 3.8) is 0 Å². The Morgan fingerprint density at radius 1 is 1.16 bits per heavy atom. The Labute approximate surface area is 229 Å². The van der Waals surface area contributed by atoms with Gasteiger partial charge in [-0.2, -0.15) is 0 Å². The lowest BCUT2D eigenvalue weighted by Gasteiger charge is -2.72. The molecule has 1 amide bonds. The zero-order chi connectivity index (χ0) is 27.7. The van der Waals surface area contributed by atoms with Crippen LogP contribution in [0.2, 0.25) is 5.02 Å². The van der Waals surface area contributed by atoms with Crippen molar-refractivity contribution in [2.24, 2.45) is 15.8 Å². The molecule has 3 aliphatic carbocycles. The average molecular weight is 560 g/mol. The monoisotopic (exact) mass is 559 g/mol. The fourth-order valence-corrected chi connectivity index (χ4v) is 8.86. The first kappa shape index (κ1) is 27.1. The largest absolute Gasteiger partial charge is 0.366 e. The minimum Gasteiger partial charge on any atom is -0.366 e. The van der Waals surface area contributed by atoms with Gasteiger partial charge in [-0.15, -0.1) is 0 Å². The van der Waals surface area contributed by atoms with E-state index < -0.39 is 37.9 Å². The van der Waals surface area contributed by atoms with Gasteiger partial charge in [-0.25, -0.2) is 12.8 Å². The Morgan fingerprint density at radius 2 is 1.79 bits per heavy atom. The number of carbonyl (C=O) groups is 1. The first-order chi connectivity index (χ1) is 17.6. The summed E-state index contributed by atoms with van der Waals surface area (Å²) in [4.78, 5) is 18.1. The number of carbonyl (C=O) groups excluding carboxylic acids is 1. The number of sulfone groups is 1. The van der Waals surface area contributed by atoms with Gasteiger partial charge in [-0.05, 0) is 95.5 Å². The maximum atomic E-state index is 14.3. The number of nitrogens with one attached hydrogen (secondary N) is 2. The Morgan fingerprint density at radius 3 is 2.37 bits per heavy atom. The molecule has 38 heavy (non-hydrogen) atoms. The van der Waals surface area contributed by atoms with Crippen molar-refractivity contribution >= 4 is 33.2 Å². The normalized spacial score (nSPS) is 28.4. The number of aliphatic imine (C=N–C) groups is 1. The predicted octanol–water partition coefficient (Wildman–Crippen LogP) is 5.10. The standard InChI is InChI=1S/C29H35ClFN3O3S/c1-26(2,3)33-24(35)23-27(4,5)34-25(32-23)29-15-28(16-29,17-29)22(14-18-11-12-20(30)21(31)13-18)38(36,37)19-9-7-6-8-10-19/h6-13,22-23H,14-17H2,1-5H3,(H,32,34)(H,33,35)/t22?,23-,28?,29?/m0/s1. The summed E-state index contributed by atoms with van der Waals surface area (Å²) in [5.41, 5.74) is -1.02. The first-order valence-electron chi connectivity index (χ1n) is 13.0. The van der Waals surface area contributed by atoms with Crippen LogP contribution < -0.4 is 10.6 Å². The molecule has 1 aliphatic heterocycles. The van der Waals surface area contributed by atoms with E-state index in [2.05, 4.69) is 10.6 Å². The van der Waals surface area contributed by atoms with Gasteiger partial charge in [-0.3, -0.25) is 9.79 Å². The van der Waals surface area contributed by atoms with Gasteiger partial charge in [-0.1, -0.05) is 35.9 Å². The fraction of sp³-hybridized carbons (Fsp3) is 0.517. The van der Waals surface area contributed by atoms with Gasteiger partial charge in [0.25, 0.3) is 0 Å². The van der Waals surface area contributed by atoms with E-state index in [1.54, 1.807) is 36.4 Å². The van der Waals surface area contributed by atoms with Gasteiger partial charge < -0.3 is 10.6 Å². The van der Waals surface area contributed by atoms with Crippen LogP contribution in [0.4, 0.5) is 4.39 Å². The zero-order valence-corrected chi connectivity index (χ0v) is 24.0. The highest BCUT2D eigenvalue weighted by atomic mass is 35.5. The van der Waals surface area contributed by atoms with E-state index in [4.69, 9.17) is 16.6 Å². The summed E-state index contributed by atoms with van der Waals surface area (Å²) in [5, 5.41) is 5.82. The molecule has 0 saturated heterocycles. The van der Waals surface area contributed by atoms with Crippen LogP contribution in [-0.2, 0) is 21.1 Å². The minimum absolute atomic E-state index is 0.0127. The molecule has 204 valence electrons. The second-order valence-electron chi connectivity index (χ2n) is 12.9. The lowest BCUT2D eigenvalue weighted by molar-refractivity contribution is -0.156. The first-order valence-corrected chi connectivity index (χ1v) is 14.9. The molecule has 6 rings (SSSR count). The summed E-state index contributed by atoms with van der Waals surface area (Å²) in [6, 6.07) is 12.4. The number of hydrogen-bond acceptors (Lipinski definition) is 5. The Balaban J connectivity index is 1.42. The van der Waals surface area contributed by atoms with E-state index in [1.807, 2.05) is 34.6 Å². The SMILES string of the molecule is CC(C)(C)NC(=O)[C@@H]1N=C(C23CC(C(Cc4ccc(Cl)c(F)c4)S(=O)(=O)c4ccccc4)(C2)C3)NC1(C)C. The Kier molecular flexibility index (Phi) is 6.27. The van der Waals surface area contributed by atoms with Crippen LogP contribution in [0.1, 0.15) is 59.4 Å². The molecule has 6 nitrogen and oxygen atoms in total. The number of halogens is 2. The lowest BCUT2D eigenvalue weighted by Crippen LogP contribution is -2.73. The van der Waals surface area contributed by atoms with Gasteiger partial charge in [0.1, 0.15) is 11.7 Å². The molecule has 2 bridgehead atoms. The minimum atomic E-state index is -3.70. The summed E-state index contributed by atoms with van der Waals surface area (Å²) in [6.07, 6.45) is 2.16. The quantitative estimate of drug-likeness (QED) is 0.494. The van der Waals surface area contributed by atoms with Crippen LogP contribution in [0.15, 0.2) is 58.4 Å². The van der Waals surface area contributed by atoms with Gasteiger partial charge in [0.2, 0.25) is 5.91 Å². The van der Waals surface area contributed by atoms with E-state index in [0.29, 0.717) is 24.8 Å². The molecule has 0 aromatic heterocycles. The van der Waals surface area contributed by atoms with Crippen molar-refractivity contribution in [3.8, 4) is 0 Å². The lowest BCUT2D eigenvalue weighted by atomic mass is 9.33. The molecular weight excluding hydrogens is 525 g/mol. The summed E-state index contributed by atoms with van der Waals surface area (Å²) in [6.45, 7) is 9.76. The van der Waals surface area contributed by atoms with Crippen molar-refractivity contribution in [3.05, 3.63) is 64.9 Å². The van der Waals surface area contributed by atoms with Crippen molar-refractivity contribution in [1.82, 2.24) is 10.6 Å². The van der Waals surface area contributed by atoms with Crippen LogP contribution in [0.3, 0.4) is 0 Å². The van der Waals surface area contributed by atoms with E-state index in [1.165, 1.54) is 12.1 Å². The smallest absolute Gasteiger partial charge is 0.247 e. The van der Waals surface area contributed by atoms with Crippen molar-refractivity contribution < 1.29 is 17.6 Å². The molecule has 9 heteroatoms. The second kappa shape index (κ2) is 8.78. The van der Waals surface area contributed by atoms with Gasteiger partial charge in [0.15, 0.2) is 15.9 Å². The van der Waals surface area contributed by atoms with E-state index in [0.717, 1.165) is 5.84 Å². The van der Waals surface area contributed by atoms with Crippen LogP contribution in [-0.4, -0.2) is 42.5 Å². The molecule has 3 saturated carbocycles. The number of amides is 1. The second-order valence-corrected chi connectivity index (χ2v) is 15.5. The molecule has 1 heterocycles. The topological polar surface area (TPSA) is 87.6 Å². The van der Waals surface area contributed by atoms with Gasteiger partial charge in [0.05, 0.1) is 20.7 Å². The van der Waals surface area contributed by atoms with Crippen LogP contribution in [0, 0.1) is 16.6 Å². The molecule has 2 aromatic carbocycles. The number of benzene rings is 2. The van der Waals surface area contributed by atoms with Crippen molar-refractivity contribution in [2.75, 3.05) is 0 Å². The molecule has 0 radical (unpaired) electrons. The fourth-order valence-electron chi connectivity index (χ4n) is 6.56. The number of rotatable bonds is 7. The molecule has 2 atom stereocenters. The van der Waals surface area contributed by atoms with Gasteiger partial charge in [0, 0.05) is 11.0 Å². The summed E-state index contributed by atoms with van der Waals surface area (Å²) >= 11 is 5.88. The maximum absolute atomic E-state index is 14.3. The molecule has 3 fully saturated rings. The average Bonchev–Trinajstić information content (AvgIpc) is 3.08. The Bertz CT molecular complexity index is 1400.